The van der Waals surface area contributed by atoms with Crippen LogP contribution in [0.25, 0.3) is 0 Å². The zero-order chi connectivity index (χ0) is 7.45. The smallest absolute Gasteiger partial charge is 0.111 e. The van der Waals surface area contributed by atoms with E-state index in [1.807, 2.05) is 0 Å². The standard InChI is InChI=1S/C9H17F/c1-2-3-4-5-6-9(10)7-8-9/h2-8H2,1H3. The fourth-order valence-corrected chi connectivity index (χ4v) is 1.25. The van der Waals surface area contributed by atoms with Crippen LogP contribution in [0.3, 0.4) is 0 Å². The van der Waals surface area contributed by atoms with E-state index in [4.69, 9.17) is 0 Å². The van der Waals surface area contributed by atoms with E-state index in [1.165, 1.54) is 19.3 Å². The van der Waals surface area contributed by atoms with Gasteiger partial charge in [-0.15, -0.1) is 0 Å². The van der Waals surface area contributed by atoms with Gasteiger partial charge in [0.15, 0.2) is 0 Å². The molecular weight excluding hydrogens is 127 g/mol. The van der Waals surface area contributed by atoms with Crippen molar-refractivity contribution in [3.05, 3.63) is 0 Å². The van der Waals surface area contributed by atoms with E-state index in [2.05, 4.69) is 6.92 Å². The van der Waals surface area contributed by atoms with Crippen LogP contribution in [0.4, 0.5) is 4.39 Å². The van der Waals surface area contributed by atoms with Crippen LogP contribution in [0, 0.1) is 0 Å². The molecule has 0 unspecified atom stereocenters. The molecule has 0 saturated heterocycles. The zero-order valence-corrected chi connectivity index (χ0v) is 6.83. The molecule has 60 valence electrons. The van der Waals surface area contributed by atoms with Gasteiger partial charge >= 0.3 is 0 Å². The molecule has 0 bridgehead atoms. The summed E-state index contributed by atoms with van der Waals surface area (Å²) in [5, 5.41) is 0. The molecule has 1 rings (SSSR count). The second-order valence-corrected chi connectivity index (χ2v) is 3.46. The number of halogens is 1. The van der Waals surface area contributed by atoms with E-state index in [0.29, 0.717) is 0 Å². The highest BCUT2D eigenvalue weighted by Crippen LogP contribution is 2.44. The lowest BCUT2D eigenvalue weighted by Crippen LogP contribution is -1.97. The molecule has 0 N–H and O–H groups in total. The van der Waals surface area contributed by atoms with Gasteiger partial charge in [0, 0.05) is 0 Å². The van der Waals surface area contributed by atoms with Crippen molar-refractivity contribution in [1.82, 2.24) is 0 Å². The Balaban J connectivity index is 1.86. The van der Waals surface area contributed by atoms with Crippen LogP contribution in [0.15, 0.2) is 0 Å². The molecule has 10 heavy (non-hydrogen) atoms. The number of hydrogen-bond acceptors (Lipinski definition) is 0. The van der Waals surface area contributed by atoms with E-state index in [1.54, 1.807) is 0 Å². The van der Waals surface area contributed by atoms with Gasteiger partial charge < -0.3 is 0 Å². The minimum atomic E-state index is -0.701. The SMILES string of the molecule is CCCCCCC1(F)CC1. The number of rotatable bonds is 5. The summed E-state index contributed by atoms with van der Waals surface area (Å²) >= 11 is 0. The highest BCUT2D eigenvalue weighted by molar-refractivity contribution is 4.93. The first-order chi connectivity index (χ1) is 4.77. The Bertz CT molecular complexity index is 94.9. The Morgan fingerprint density at radius 2 is 1.90 bits per heavy atom. The maximum atomic E-state index is 12.9. The topological polar surface area (TPSA) is 0 Å². The van der Waals surface area contributed by atoms with Crippen molar-refractivity contribution < 1.29 is 4.39 Å². The lowest BCUT2D eigenvalue weighted by Gasteiger charge is -2.02. The Morgan fingerprint density at radius 1 is 1.20 bits per heavy atom. The lowest BCUT2D eigenvalue weighted by molar-refractivity contribution is 0.280. The highest BCUT2D eigenvalue weighted by Gasteiger charge is 2.41. The van der Waals surface area contributed by atoms with Gasteiger partial charge in [-0.05, 0) is 19.3 Å². The number of alkyl halides is 1. The second-order valence-electron chi connectivity index (χ2n) is 3.46. The van der Waals surface area contributed by atoms with E-state index >= 15 is 0 Å². The van der Waals surface area contributed by atoms with Gasteiger partial charge in [-0.25, -0.2) is 4.39 Å². The molecule has 0 radical (unpaired) electrons. The Kier molecular flexibility index (Phi) is 2.70. The predicted octanol–water partition coefficient (Wildman–Crippen LogP) is 3.46. The lowest BCUT2D eigenvalue weighted by atomic mass is 10.1. The molecule has 0 aromatic rings. The van der Waals surface area contributed by atoms with Gasteiger partial charge in [0.1, 0.15) is 5.67 Å². The molecule has 0 aliphatic heterocycles. The third kappa shape index (κ3) is 2.68. The summed E-state index contributed by atoms with van der Waals surface area (Å²) < 4.78 is 12.9. The molecule has 0 aromatic heterocycles. The summed E-state index contributed by atoms with van der Waals surface area (Å²) in [6.45, 7) is 2.18. The van der Waals surface area contributed by atoms with Crippen molar-refractivity contribution in [2.45, 2.75) is 57.5 Å². The predicted molar refractivity (Wildman–Crippen MR) is 41.8 cm³/mol. The average Bonchev–Trinajstić information content (AvgIpc) is 2.62. The third-order valence-corrected chi connectivity index (χ3v) is 2.27. The third-order valence-electron chi connectivity index (χ3n) is 2.27. The van der Waals surface area contributed by atoms with Crippen LogP contribution in [0.5, 0.6) is 0 Å². The summed E-state index contributed by atoms with van der Waals surface area (Å²) in [6.07, 6.45) is 7.34. The van der Waals surface area contributed by atoms with E-state index < -0.39 is 5.67 Å². The molecule has 0 atom stereocenters. The van der Waals surface area contributed by atoms with Crippen LogP contribution in [0.1, 0.15) is 51.9 Å². The minimum absolute atomic E-state index is 0.701. The average molecular weight is 144 g/mol. The van der Waals surface area contributed by atoms with Crippen molar-refractivity contribution >= 4 is 0 Å². The van der Waals surface area contributed by atoms with Gasteiger partial charge in [-0.3, -0.25) is 0 Å². The molecule has 1 heteroatoms. The van der Waals surface area contributed by atoms with E-state index in [-0.39, 0.29) is 0 Å². The molecule has 1 aliphatic rings. The maximum Gasteiger partial charge on any atom is 0.111 e. The van der Waals surface area contributed by atoms with Crippen LogP contribution < -0.4 is 0 Å². The molecule has 0 nitrogen and oxygen atoms in total. The summed E-state index contributed by atoms with van der Waals surface area (Å²) in [7, 11) is 0. The molecule has 1 saturated carbocycles. The van der Waals surface area contributed by atoms with E-state index in [9.17, 15) is 4.39 Å². The van der Waals surface area contributed by atoms with E-state index in [0.717, 1.165) is 25.7 Å². The summed E-state index contributed by atoms with van der Waals surface area (Å²) in [4.78, 5) is 0. The van der Waals surface area contributed by atoms with Crippen molar-refractivity contribution in [3.63, 3.8) is 0 Å². The van der Waals surface area contributed by atoms with Crippen molar-refractivity contribution in [2.75, 3.05) is 0 Å². The first-order valence-corrected chi connectivity index (χ1v) is 4.46. The molecular formula is C9H17F. The highest BCUT2D eigenvalue weighted by atomic mass is 19.1. The quantitative estimate of drug-likeness (QED) is 0.518. The first-order valence-electron chi connectivity index (χ1n) is 4.46. The molecule has 1 aliphatic carbocycles. The fourth-order valence-electron chi connectivity index (χ4n) is 1.25. The Morgan fingerprint density at radius 3 is 2.40 bits per heavy atom. The van der Waals surface area contributed by atoms with Crippen LogP contribution in [-0.4, -0.2) is 5.67 Å². The van der Waals surface area contributed by atoms with Gasteiger partial charge in [0.2, 0.25) is 0 Å². The Hall–Kier alpha value is -0.0700. The largest absolute Gasteiger partial charge is 0.244 e. The van der Waals surface area contributed by atoms with Crippen LogP contribution >= 0.6 is 0 Å². The fraction of sp³-hybridized carbons (Fsp3) is 1.00. The van der Waals surface area contributed by atoms with Crippen molar-refractivity contribution in [2.24, 2.45) is 0 Å². The van der Waals surface area contributed by atoms with Gasteiger partial charge in [0.05, 0.1) is 0 Å². The monoisotopic (exact) mass is 144 g/mol. The number of hydrogen-bond donors (Lipinski definition) is 0. The first kappa shape index (κ1) is 8.03. The summed E-state index contributed by atoms with van der Waals surface area (Å²) in [6, 6.07) is 0. The molecule has 0 heterocycles. The molecule has 1 fully saturated rings. The normalized spacial score (nSPS) is 21.0. The van der Waals surface area contributed by atoms with Crippen molar-refractivity contribution in [1.29, 1.82) is 0 Å². The molecule has 0 amide bonds. The summed E-state index contributed by atoms with van der Waals surface area (Å²) in [5.41, 5.74) is -0.701. The van der Waals surface area contributed by atoms with Gasteiger partial charge in [-0.2, -0.15) is 0 Å². The minimum Gasteiger partial charge on any atom is -0.244 e. The Labute approximate surface area is 62.8 Å². The second kappa shape index (κ2) is 3.36. The molecule has 0 spiro atoms. The zero-order valence-electron chi connectivity index (χ0n) is 6.83. The van der Waals surface area contributed by atoms with Crippen molar-refractivity contribution in [3.8, 4) is 0 Å². The van der Waals surface area contributed by atoms with Gasteiger partial charge in [-0.1, -0.05) is 32.6 Å². The summed E-state index contributed by atoms with van der Waals surface area (Å²) in [5.74, 6) is 0. The molecule has 0 aromatic carbocycles. The van der Waals surface area contributed by atoms with Gasteiger partial charge in [0.25, 0.3) is 0 Å². The van der Waals surface area contributed by atoms with Crippen LogP contribution in [-0.2, 0) is 0 Å². The number of unbranched alkanes of at least 4 members (excludes halogenated alkanes) is 3. The van der Waals surface area contributed by atoms with Crippen LogP contribution in [0.2, 0.25) is 0 Å². The maximum absolute atomic E-state index is 12.9.